The zero-order valence-electron chi connectivity index (χ0n) is 14.9. The van der Waals surface area contributed by atoms with Crippen LogP contribution in [0.25, 0.3) is 10.9 Å². The summed E-state index contributed by atoms with van der Waals surface area (Å²) < 4.78 is 10.9. The highest BCUT2D eigenvalue weighted by Gasteiger charge is 2.18. The zero-order valence-corrected chi connectivity index (χ0v) is 15.7. The van der Waals surface area contributed by atoms with Crippen LogP contribution in [0.3, 0.4) is 0 Å². The van der Waals surface area contributed by atoms with E-state index < -0.39 is 0 Å². The molecule has 0 aliphatic heterocycles. The molecule has 0 spiro atoms. The van der Waals surface area contributed by atoms with Crippen molar-refractivity contribution in [1.82, 2.24) is 4.98 Å². The fourth-order valence-electron chi connectivity index (χ4n) is 3.02. The highest BCUT2D eigenvalue weighted by molar-refractivity contribution is 6.30. The van der Waals surface area contributed by atoms with Crippen molar-refractivity contribution >= 4 is 28.2 Å². The molecule has 0 amide bonds. The summed E-state index contributed by atoms with van der Waals surface area (Å²) >= 11 is 6.05. The van der Waals surface area contributed by atoms with E-state index in [1.54, 1.807) is 26.4 Å². The Morgan fingerprint density at radius 1 is 1.12 bits per heavy atom. The average Bonchev–Trinajstić information content (AvgIpc) is 2.65. The number of methoxy groups -OCH3 is 2. The number of benzene rings is 2. The smallest absolute Gasteiger partial charge is 0.145 e. The number of aliphatic hydroxyl groups is 1. The van der Waals surface area contributed by atoms with Gasteiger partial charge in [0.05, 0.1) is 26.9 Å². The zero-order chi connectivity index (χ0) is 18.7. The van der Waals surface area contributed by atoms with E-state index >= 15 is 0 Å². The first kappa shape index (κ1) is 18.3. The average molecular weight is 373 g/mol. The SMILES string of the molecule is COc1cc(Cl)ccc1C(CO)Nc1cc(C)nc2c(OC)cccc12. The summed E-state index contributed by atoms with van der Waals surface area (Å²) in [4.78, 5) is 4.59. The Morgan fingerprint density at radius 3 is 2.58 bits per heavy atom. The van der Waals surface area contributed by atoms with E-state index in [4.69, 9.17) is 21.1 Å². The Morgan fingerprint density at radius 2 is 1.88 bits per heavy atom. The number of rotatable bonds is 6. The minimum Gasteiger partial charge on any atom is -0.496 e. The van der Waals surface area contributed by atoms with Crippen molar-refractivity contribution in [2.24, 2.45) is 0 Å². The maximum absolute atomic E-state index is 9.98. The van der Waals surface area contributed by atoms with Crippen LogP contribution in [-0.2, 0) is 0 Å². The lowest BCUT2D eigenvalue weighted by atomic mass is 10.0. The summed E-state index contributed by atoms with van der Waals surface area (Å²) in [6.07, 6.45) is 0. The van der Waals surface area contributed by atoms with Gasteiger partial charge in [0.15, 0.2) is 0 Å². The van der Waals surface area contributed by atoms with Crippen molar-refractivity contribution in [1.29, 1.82) is 0 Å². The summed E-state index contributed by atoms with van der Waals surface area (Å²) in [5, 5.41) is 14.9. The van der Waals surface area contributed by atoms with Gasteiger partial charge < -0.3 is 19.9 Å². The lowest BCUT2D eigenvalue weighted by molar-refractivity contribution is 0.273. The van der Waals surface area contributed by atoms with E-state index in [0.717, 1.165) is 27.8 Å². The number of aromatic nitrogens is 1. The molecular formula is C20H21ClN2O3. The summed E-state index contributed by atoms with van der Waals surface area (Å²) in [5.74, 6) is 1.33. The third kappa shape index (κ3) is 3.54. The van der Waals surface area contributed by atoms with Gasteiger partial charge >= 0.3 is 0 Å². The molecule has 0 radical (unpaired) electrons. The van der Waals surface area contributed by atoms with E-state index in [-0.39, 0.29) is 12.6 Å². The summed E-state index contributed by atoms with van der Waals surface area (Å²) in [6, 6.07) is 12.7. The van der Waals surface area contributed by atoms with Gasteiger partial charge in [0, 0.05) is 27.4 Å². The minimum atomic E-state index is -0.363. The molecule has 5 nitrogen and oxygen atoms in total. The number of fused-ring (bicyclic) bond motifs is 1. The van der Waals surface area contributed by atoms with Gasteiger partial charge in [-0.25, -0.2) is 4.98 Å². The van der Waals surface area contributed by atoms with E-state index in [1.165, 1.54) is 0 Å². The van der Waals surface area contributed by atoms with Crippen molar-refractivity contribution in [3.63, 3.8) is 0 Å². The van der Waals surface area contributed by atoms with Gasteiger partial charge in [0.25, 0.3) is 0 Å². The lowest BCUT2D eigenvalue weighted by Gasteiger charge is -2.22. The third-order valence-electron chi connectivity index (χ3n) is 4.23. The van der Waals surface area contributed by atoms with Gasteiger partial charge in [0.1, 0.15) is 17.0 Å². The maximum Gasteiger partial charge on any atom is 0.145 e. The topological polar surface area (TPSA) is 63.6 Å². The molecule has 1 heterocycles. The first-order valence-electron chi connectivity index (χ1n) is 8.22. The van der Waals surface area contributed by atoms with Gasteiger partial charge in [-0.05, 0) is 31.2 Å². The predicted molar refractivity (Wildman–Crippen MR) is 104 cm³/mol. The van der Waals surface area contributed by atoms with Gasteiger partial charge in [-0.1, -0.05) is 29.8 Å². The first-order chi connectivity index (χ1) is 12.6. The molecule has 2 N–H and O–H groups in total. The molecule has 1 unspecified atom stereocenters. The Hall–Kier alpha value is -2.50. The first-order valence-corrected chi connectivity index (χ1v) is 8.60. The quantitative estimate of drug-likeness (QED) is 0.673. The van der Waals surface area contributed by atoms with Crippen molar-refractivity contribution < 1.29 is 14.6 Å². The van der Waals surface area contributed by atoms with Crippen LogP contribution in [0.5, 0.6) is 11.5 Å². The summed E-state index contributed by atoms with van der Waals surface area (Å²) in [5.41, 5.74) is 3.31. The van der Waals surface area contributed by atoms with Gasteiger partial charge in [-0.3, -0.25) is 0 Å². The maximum atomic E-state index is 9.98. The number of pyridine rings is 1. The number of hydrogen-bond acceptors (Lipinski definition) is 5. The Labute approximate surface area is 157 Å². The second-order valence-corrected chi connectivity index (χ2v) is 6.37. The van der Waals surface area contributed by atoms with Crippen molar-refractivity contribution in [3.8, 4) is 11.5 Å². The van der Waals surface area contributed by atoms with Crippen LogP contribution in [0.15, 0.2) is 42.5 Å². The molecule has 0 bridgehead atoms. The molecule has 3 rings (SSSR count). The van der Waals surface area contributed by atoms with E-state index in [9.17, 15) is 5.11 Å². The molecule has 136 valence electrons. The van der Waals surface area contributed by atoms with E-state index in [0.29, 0.717) is 16.5 Å². The minimum absolute atomic E-state index is 0.106. The molecule has 0 saturated carbocycles. The number of aliphatic hydroxyl groups excluding tert-OH is 1. The standard InChI is InChI=1S/C20H21ClN2O3/c1-12-9-16(15-5-4-6-18(25-2)20(15)22-12)23-17(11-24)14-8-7-13(21)10-19(14)26-3/h4-10,17,24H,11H2,1-3H3,(H,22,23). The third-order valence-corrected chi connectivity index (χ3v) is 4.47. The number of nitrogens with one attached hydrogen (secondary N) is 1. The predicted octanol–water partition coefficient (Wildman–Crippen LogP) is 4.36. The van der Waals surface area contributed by atoms with E-state index in [1.807, 2.05) is 37.3 Å². The van der Waals surface area contributed by atoms with Crippen molar-refractivity contribution in [2.45, 2.75) is 13.0 Å². The molecule has 26 heavy (non-hydrogen) atoms. The molecule has 0 aliphatic rings. The number of para-hydroxylation sites is 1. The largest absolute Gasteiger partial charge is 0.496 e. The number of nitrogens with zero attached hydrogens (tertiary/aromatic N) is 1. The number of aryl methyl sites for hydroxylation is 1. The Bertz CT molecular complexity index is 930. The Kier molecular flexibility index (Phi) is 5.49. The molecule has 0 saturated heterocycles. The van der Waals surface area contributed by atoms with Crippen molar-refractivity contribution in [2.75, 3.05) is 26.1 Å². The normalized spacial score (nSPS) is 12.0. The molecular weight excluding hydrogens is 352 g/mol. The number of anilines is 1. The monoisotopic (exact) mass is 372 g/mol. The van der Waals surface area contributed by atoms with Crippen LogP contribution in [0.4, 0.5) is 5.69 Å². The van der Waals surface area contributed by atoms with Crippen molar-refractivity contribution in [3.05, 3.63) is 58.7 Å². The van der Waals surface area contributed by atoms with Crippen LogP contribution in [0, 0.1) is 6.92 Å². The molecule has 3 aromatic rings. The molecule has 2 aromatic carbocycles. The van der Waals surface area contributed by atoms with E-state index in [2.05, 4.69) is 10.3 Å². The van der Waals surface area contributed by atoms with Crippen LogP contribution in [-0.4, -0.2) is 30.9 Å². The molecule has 0 fully saturated rings. The second kappa shape index (κ2) is 7.81. The van der Waals surface area contributed by atoms with Crippen LogP contribution < -0.4 is 14.8 Å². The fourth-order valence-corrected chi connectivity index (χ4v) is 3.18. The molecule has 0 aliphatic carbocycles. The van der Waals surface area contributed by atoms with Crippen LogP contribution >= 0.6 is 11.6 Å². The lowest BCUT2D eigenvalue weighted by Crippen LogP contribution is -2.16. The van der Waals surface area contributed by atoms with Crippen LogP contribution in [0.1, 0.15) is 17.3 Å². The van der Waals surface area contributed by atoms with Gasteiger partial charge in [0.2, 0.25) is 0 Å². The summed E-state index contributed by atoms with van der Waals surface area (Å²) in [6.45, 7) is 1.82. The number of ether oxygens (including phenoxy) is 2. The number of halogens is 1. The molecule has 6 heteroatoms. The fraction of sp³-hybridized carbons (Fsp3) is 0.250. The number of hydrogen-bond donors (Lipinski definition) is 2. The highest BCUT2D eigenvalue weighted by Crippen LogP contribution is 2.34. The van der Waals surface area contributed by atoms with Gasteiger partial charge in [-0.15, -0.1) is 0 Å². The molecule has 1 atom stereocenters. The second-order valence-electron chi connectivity index (χ2n) is 5.93. The van der Waals surface area contributed by atoms with Crippen LogP contribution in [0.2, 0.25) is 5.02 Å². The highest BCUT2D eigenvalue weighted by atomic mass is 35.5. The molecule has 1 aromatic heterocycles. The Balaban J connectivity index is 2.07. The van der Waals surface area contributed by atoms with Gasteiger partial charge in [-0.2, -0.15) is 0 Å². The summed E-state index contributed by atoms with van der Waals surface area (Å²) in [7, 11) is 3.21.